The number of methoxy groups -OCH3 is 1. The summed E-state index contributed by atoms with van der Waals surface area (Å²) in [7, 11) is -1.83. The Balaban J connectivity index is 2.21. The second-order valence-electron chi connectivity index (χ2n) is 4.53. The first-order valence-corrected chi connectivity index (χ1v) is 7.96. The normalized spacial score (nSPS) is 18.8. The van der Waals surface area contributed by atoms with Crippen LogP contribution in [-0.2, 0) is 19.7 Å². The maximum Gasteiger partial charge on any atom is 0.279 e. The highest BCUT2D eigenvalue weighted by Crippen LogP contribution is 2.18. The van der Waals surface area contributed by atoms with Crippen LogP contribution in [0.2, 0.25) is 0 Å². The Kier molecular flexibility index (Phi) is 7.81. The van der Waals surface area contributed by atoms with Crippen LogP contribution in [0.15, 0.2) is 0 Å². The summed E-state index contributed by atoms with van der Waals surface area (Å²) in [5.74, 6) is 0.226. The summed E-state index contributed by atoms with van der Waals surface area (Å²) in [6.45, 7) is 2.61. The Morgan fingerprint density at radius 2 is 1.95 bits per heavy atom. The summed E-state index contributed by atoms with van der Waals surface area (Å²) in [6.07, 6.45) is 1.42. The summed E-state index contributed by atoms with van der Waals surface area (Å²) in [5.41, 5.74) is 0. The number of nitrogens with zero attached hydrogens (tertiary/aromatic N) is 1. The lowest BCUT2D eigenvalue weighted by atomic mass is 10.00. The van der Waals surface area contributed by atoms with Crippen LogP contribution < -0.4 is 4.72 Å². The van der Waals surface area contributed by atoms with E-state index in [9.17, 15) is 8.42 Å². The van der Waals surface area contributed by atoms with Gasteiger partial charge >= 0.3 is 0 Å². The molecule has 0 aromatic rings. The van der Waals surface area contributed by atoms with Gasteiger partial charge in [0.15, 0.2) is 0 Å². The van der Waals surface area contributed by atoms with Crippen LogP contribution in [-0.4, -0.2) is 71.0 Å². The van der Waals surface area contributed by atoms with Gasteiger partial charge in [-0.2, -0.15) is 17.4 Å². The fourth-order valence-electron chi connectivity index (χ4n) is 1.91. The molecule has 1 heterocycles. The zero-order valence-corrected chi connectivity index (χ0v) is 12.2. The number of hydrogen-bond acceptors (Lipinski definition) is 5. The maximum atomic E-state index is 11.9. The molecule has 0 spiro atoms. The molecule has 1 saturated heterocycles. The fourth-order valence-corrected chi connectivity index (χ4v) is 3.13. The number of aliphatic hydroxyl groups excluding tert-OH is 1. The van der Waals surface area contributed by atoms with Gasteiger partial charge in [-0.25, -0.2) is 0 Å². The Labute approximate surface area is 115 Å². The smallest absolute Gasteiger partial charge is 0.279 e. The van der Waals surface area contributed by atoms with Gasteiger partial charge in [-0.1, -0.05) is 0 Å². The van der Waals surface area contributed by atoms with E-state index in [0.717, 1.165) is 0 Å². The average molecular weight is 296 g/mol. The molecule has 2 N–H and O–H groups in total. The van der Waals surface area contributed by atoms with E-state index in [4.69, 9.17) is 14.6 Å². The summed E-state index contributed by atoms with van der Waals surface area (Å²) in [5, 5.41) is 9.01. The number of hydrogen-bond donors (Lipinski definition) is 2. The summed E-state index contributed by atoms with van der Waals surface area (Å²) < 4.78 is 37.8. The van der Waals surface area contributed by atoms with Gasteiger partial charge in [0.2, 0.25) is 0 Å². The van der Waals surface area contributed by atoms with Crippen LogP contribution in [0.5, 0.6) is 0 Å². The molecule has 0 bridgehead atoms. The van der Waals surface area contributed by atoms with Crippen molar-refractivity contribution in [1.29, 1.82) is 0 Å². The van der Waals surface area contributed by atoms with Gasteiger partial charge in [0.05, 0.1) is 19.8 Å². The lowest BCUT2D eigenvalue weighted by molar-refractivity contribution is 0.0734. The van der Waals surface area contributed by atoms with Crippen LogP contribution in [0.1, 0.15) is 12.8 Å². The third kappa shape index (κ3) is 6.15. The number of nitrogens with one attached hydrogen (secondary N) is 1. The SMILES string of the molecule is COCCOCCNS(=O)(=O)N1CCC(CO)CC1. The van der Waals surface area contributed by atoms with Gasteiger partial charge in [0.1, 0.15) is 0 Å². The molecule has 1 aliphatic heterocycles. The predicted molar refractivity (Wildman–Crippen MR) is 71.0 cm³/mol. The van der Waals surface area contributed by atoms with Crippen molar-refractivity contribution < 1.29 is 23.0 Å². The minimum atomic E-state index is -3.42. The lowest BCUT2D eigenvalue weighted by Gasteiger charge is -2.30. The molecule has 1 fully saturated rings. The predicted octanol–water partition coefficient (Wildman–Crippen LogP) is -0.812. The quantitative estimate of drug-likeness (QED) is 0.543. The lowest BCUT2D eigenvalue weighted by Crippen LogP contribution is -2.46. The number of aliphatic hydroxyl groups is 1. The van der Waals surface area contributed by atoms with E-state index in [1.807, 2.05) is 0 Å². The first-order valence-electron chi connectivity index (χ1n) is 6.52. The highest BCUT2D eigenvalue weighted by molar-refractivity contribution is 7.87. The molecule has 0 aromatic carbocycles. The van der Waals surface area contributed by atoms with Crippen molar-refractivity contribution in [3.8, 4) is 0 Å². The molecule has 19 heavy (non-hydrogen) atoms. The average Bonchev–Trinajstić information content (AvgIpc) is 2.43. The standard InChI is InChI=1S/C11H24N2O5S/c1-17-8-9-18-7-4-12-19(15,16)13-5-2-11(10-14)3-6-13/h11-12,14H,2-10H2,1H3. The van der Waals surface area contributed by atoms with Crippen LogP contribution in [0, 0.1) is 5.92 Å². The minimum absolute atomic E-state index is 0.134. The molecule has 0 radical (unpaired) electrons. The Morgan fingerprint density at radius 1 is 1.26 bits per heavy atom. The van der Waals surface area contributed by atoms with Gasteiger partial charge in [-0.3, -0.25) is 0 Å². The topological polar surface area (TPSA) is 88.1 Å². The maximum absolute atomic E-state index is 11.9. The van der Waals surface area contributed by atoms with Crippen molar-refractivity contribution in [2.75, 3.05) is 53.2 Å². The molecule has 1 aliphatic rings. The zero-order chi connectivity index (χ0) is 14.1. The van der Waals surface area contributed by atoms with Crippen molar-refractivity contribution in [3.05, 3.63) is 0 Å². The van der Waals surface area contributed by atoms with Gasteiger partial charge in [0.25, 0.3) is 10.2 Å². The first kappa shape index (κ1) is 16.8. The molecule has 0 saturated carbocycles. The van der Waals surface area contributed by atoms with Crippen molar-refractivity contribution in [1.82, 2.24) is 9.03 Å². The Hall–Kier alpha value is -0.250. The van der Waals surface area contributed by atoms with Gasteiger partial charge in [0, 0.05) is 33.4 Å². The molecule has 1 rings (SSSR count). The van der Waals surface area contributed by atoms with E-state index < -0.39 is 10.2 Å². The highest BCUT2D eigenvalue weighted by atomic mass is 32.2. The molecule has 7 nitrogen and oxygen atoms in total. The summed E-state index contributed by atoms with van der Waals surface area (Å²) in [6, 6.07) is 0. The third-order valence-electron chi connectivity index (χ3n) is 3.13. The van der Waals surface area contributed by atoms with E-state index in [0.29, 0.717) is 45.8 Å². The largest absolute Gasteiger partial charge is 0.396 e. The van der Waals surface area contributed by atoms with Crippen LogP contribution in [0.25, 0.3) is 0 Å². The minimum Gasteiger partial charge on any atom is -0.396 e. The highest BCUT2D eigenvalue weighted by Gasteiger charge is 2.27. The zero-order valence-electron chi connectivity index (χ0n) is 11.4. The van der Waals surface area contributed by atoms with E-state index in [1.54, 1.807) is 7.11 Å². The van der Waals surface area contributed by atoms with Crippen molar-refractivity contribution >= 4 is 10.2 Å². The van der Waals surface area contributed by atoms with Gasteiger partial charge < -0.3 is 14.6 Å². The van der Waals surface area contributed by atoms with Crippen molar-refractivity contribution in [2.45, 2.75) is 12.8 Å². The molecule has 114 valence electrons. The molecular formula is C11H24N2O5S. The van der Waals surface area contributed by atoms with Crippen LogP contribution in [0.4, 0.5) is 0 Å². The monoisotopic (exact) mass is 296 g/mol. The van der Waals surface area contributed by atoms with Crippen LogP contribution in [0.3, 0.4) is 0 Å². The molecule has 0 aromatic heterocycles. The Bertz CT molecular complexity index is 328. The Morgan fingerprint density at radius 3 is 2.53 bits per heavy atom. The van der Waals surface area contributed by atoms with E-state index in [-0.39, 0.29) is 19.1 Å². The molecule has 0 aliphatic carbocycles. The molecule has 0 unspecified atom stereocenters. The summed E-state index contributed by atoms with van der Waals surface area (Å²) in [4.78, 5) is 0. The number of ether oxygens (including phenoxy) is 2. The number of rotatable bonds is 9. The second-order valence-corrected chi connectivity index (χ2v) is 6.28. The molecule has 8 heteroatoms. The van der Waals surface area contributed by atoms with Crippen molar-refractivity contribution in [3.63, 3.8) is 0 Å². The fraction of sp³-hybridized carbons (Fsp3) is 1.00. The van der Waals surface area contributed by atoms with E-state index >= 15 is 0 Å². The van der Waals surface area contributed by atoms with Gasteiger partial charge in [-0.15, -0.1) is 0 Å². The van der Waals surface area contributed by atoms with E-state index in [2.05, 4.69) is 4.72 Å². The number of piperidine rings is 1. The first-order chi connectivity index (χ1) is 9.10. The second kappa shape index (κ2) is 8.83. The third-order valence-corrected chi connectivity index (χ3v) is 4.75. The van der Waals surface area contributed by atoms with E-state index in [1.165, 1.54) is 4.31 Å². The summed E-state index contributed by atoms with van der Waals surface area (Å²) >= 11 is 0. The van der Waals surface area contributed by atoms with Gasteiger partial charge in [-0.05, 0) is 18.8 Å². The van der Waals surface area contributed by atoms with Crippen molar-refractivity contribution in [2.24, 2.45) is 5.92 Å². The molecule has 0 amide bonds. The molecule has 0 atom stereocenters. The van der Waals surface area contributed by atoms with Crippen LogP contribution >= 0.6 is 0 Å². The molecular weight excluding hydrogens is 272 g/mol.